The summed E-state index contributed by atoms with van der Waals surface area (Å²) < 4.78 is 77.9. The molecule has 0 radical (unpaired) electrons. The molecule has 5 nitrogen and oxygen atoms in total. The van der Waals surface area contributed by atoms with Crippen LogP contribution in [0.25, 0.3) is 0 Å². The standard InChI is InChI=1S/C16H15F2NO4S2/c17-12-8-13(18)10-16(9-12)25(22,23)19-7-6-15(11-19)24(20,21)14-4-2-1-3-5-14/h1-5,8-10,15H,6-7,11H2. The van der Waals surface area contributed by atoms with Crippen molar-refractivity contribution < 1.29 is 25.6 Å². The zero-order valence-electron chi connectivity index (χ0n) is 13.0. The van der Waals surface area contributed by atoms with E-state index in [2.05, 4.69) is 0 Å². The van der Waals surface area contributed by atoms with E-state index in [0.717, 1.165) is 16.4 Å². The van der Waals surface area contributed by atoms with Gasteiger partial charge >= 0.3 is 0 Å². The molecule has 1 saturated heterocycles. The number of sulfonamides is 1. The van der Waals surface area contributed by atoms with Crippen LogP contribution in [0.4, 0.5) is 8.78 Å². The lowest BCUT2D eigenvalue weighted by atomic mass is 10.3. The molecule has 134 valence electrons. The zero-order chi connectivity index (χ0) is 18.2. The molecule has 0 spiro atoms. The van der Waals surface area contributed by atoms with Crippen molar-refractivity contribution in [3.63, 3.8) is 0 Å². The van der Waals surface area contributed by atoms with Gasteiger partial charge in [0, 0.05) is 19.2 Å². The first kappa shape index (κ1) is 18.0. The number of benzene rings is 2. The summed E-state index contributed by atoms with van der Waals surface area (Å²) in [6.45, 7) is -0.283. The van der Waals surface area contributed by atoms with Gasteiger partial charge in [0.15, 0.2) is 9.84 Å². The maximum Gasteiger partial charge on any atom is 0.243 e. The third-order valence-electron chi connectivity index (χ3n) is 4.09. The average molecular weight is 387 g/mol. The van der Waals surface area contributed by atoms with Crippen molar-refractivity contribution in [1.29, 1.82) is 0 Å². The average Bonchev–Trinajstić information content (AvgIpc) is 3.06. The molecule has 1 unspecified atom stereocenters. The molecule has 1 aliphatic rings. The molecule has 0 N–H and O–H groups in total. The molecule has 25 heavy (non-hydrogen) atoms. The van der Waals surface area contributed by atoms with Gasteiger partial charge in [-0.05, 0) is 30.7 Å². The molecule has 0 saturated carbocycles. The molecule has 0 aliphatic carbocycles. The normalized spacial score (nSPS) is 19.2. The van der Waals surface area contributed by atoms with E-state index in [0.29, 0.717) is 6.07 Å². The maximum absolute atomic E-state index is 13.3. The molecular weight excluding hydrogens is 372 g/mol. The summed E-state index contributed by atoms with van der Waals surface area (Å²) in [6.07, 6.45) is 0.119. The van der Waals surface area contributed by atoms with Gasteiger partial charge in [-0.2, -0.15) is 4.31 Å². The fourth-order valence-corrected chi connectivity index (χ4v) is 6.15. The Labute approximate surface area is 144 Å². The van der Waals surface area contributed by atoms with E-state index in [4.69, 9.17) is 0 Å². The van der Waals surface area contributed by atoms with Crippen LogP contribution in [0.1, 0.15) is 6.42 Å². The van der Waals surface area contributed by atoms with E-state index < -0.39 is 41.6 Å². The van der Waals surface area contributed by atoms with Crippen molar-refractivity contribution in [3.8, 4) is 0 Å². The monoisotopic (exact) mass is 387 g/mol. The van der Waals surface area contributed by atoms with Crippen molar-refractivity contribution in [1.82, 2.24) is 4.31 Å². The van der Waals surface area contributed by atoms with Crippen LogP contribution in [0.2, 0.25) is 0 Å². The summed E-state index contributed by atoms with van der Waals surface area (Å²) in [7, 11) is -7.85. The highest BCUT2D eigenvalue weighted by Crippen LogP contribution is 2.28. The number of hydrogen-bond donors (Lipinski definition) is 0. The second kappa shape index (κ2) is 6.47. The minimum Gasteiger partial charge on any atom is -0.223 e. The molecule has 1 heterocycles. The fourth-order valence-electron chi connectivity index (χ4n) is 2.80. The Balaban J connectivity index is 1.87. The highest BCUT2D eigenvalue weighted by Gasteiger charge is 2.39. The van der Waals surface area contributed by atoms with E-state index >= 15 is 0 Å². The van der Waals surface area contributed by atoms with Crippen LogP contribution in [0.15, 0.2) is 58.3 Å². The first-order valence-corrected chi connectivity index (χ1v) is 10.4. The van der Waals surface area contributed by atoms with Crippen LogP contribution in [0.3, 0.4) is 0 Å². The second-order valence-electron chi connectivity index (χ2n) is 5.74. The topological polar surface area (TPSA) is 71.5 Å². The predicted octanol–water partition coefficient (Wildman–Crippen LogP) is 2.20. The lowest BCUT2D eigenvalue weighted by Crippen LogP contribution is -2.32. The minimum atomic E-state index is -4.17. The highest BCUT2D eigenvalue weighted by atomic mass is 32.2. The van der Waals surface area contributed by atoms with Gasteiger partial charge < -0.3 is 0 Å². The Morgan fingerprint density at radius 2 is 1.48 bits per heavy atom. The maximum atomic E-state index is 13.3. The van der Waals surface area contributed by atoms with Gasteiger partial charge in [0.25, 0.3) is 0 Å². The first-order chi connectivity index (χ1) is 11.7. The Bertz CT molecular complexity index is 972. The van der Waals surface area contributed by atoms with E-state index in [9.17, 15) is 25.6 Å². The van der Waals surface area contributed by atoms with Crippen LogP contribution in [-0.2, 0) is 19.9 Å². The number of hydrogen-bond acceptors (Lipinski definition) is 4. The lowest BCUT2D eigenvalue weighted by molar-refractivity contribution is 0.474. The molecule has 2 aromatic rings. The van der Waals surface area contributed by atoms with E-state index in [1.165, 1.54) is 12.1 Å². The molecule has 0 aromatic heterocycles. The van der Waals surface area contributed by atoms with Crippen molar-refractivity contribution in [2.75, 3.05) is 13.1 Å². The lowest BCUT2D eigenvalue weighted by Gasteiger charge is -2.17. The van der Waals surface area contributed by atoms with Crippen LogP contribution < -0.4 is 0 Å². The molecule has 9 heteroatoms. The SMILES string of the molecule is O=S(=O)(c1ccccc1)C1CCN(S(=O)(=O)c2cc(F)cc(F)c2)C1. The summed E-state index contributed by atoms with van der Waals surface area (Å²) in [4.78, 5) is -0.404. The van der Waals surface area contributed by atoms with E-state index in [1.807, 2.05) is 0 Å². The summed E-state index contributed by atoms with van der Waals surface area (Å²) in [6, 6.07) is 9.78. The first-order valence-electron chi connectivity index (χ1n) is 7.46. The van der Waals surface area contributed by atoms with Gasteiger partial charge in [-0.1, -0.05) is 18.2 Å². The second-order valence-corrected chi connectivity index (χ2v) is 9.90. The smallest absolute Gasteiger partial charge is 0.223 e. The molecule has 2 aromatic carbocycles. The van der Waals surface area contributed by atoms with E-state index in [1.54, 1.807) is 18.2 Å². The number of sulfone groups is 1. The molecular formula is C16H15F2NO4S2. The summed E-state index contributed by atoms with van der Waals surface area (Å²) in [5.41, 5.74) is 0. The Kier molecular flexibility index (Phi) is 4.65. The van der Waals surface area contributed by atoms with Crippen molar-refractivity contribution >= 4 is 19.9 Å². The Morgan fingerprint density at radius 3 is 2.08 bits per heavy atom. The summed E-state index contributed by atoms with van der Waals surface area (Å²) in [5, 5.41) is -0.900. The van der Waals surface area contributed by atoms with Crippen molar-refractivity contribution in [2.45, 2.75) is 21.5 Å². The van der Waals surface area contributed by atoms with Crippen LogP contribution in [0.5, 0.6) is 0 Å². The van der Waals surface area contributed by atoms with Gasteiger partial charge in [0.2, 0.25) is 10.0 Å². The zero-order valence-corrected chi connectivity index (χ0v) is 14.6. The molecule has 0 amide bonds. The molecule has 0 bridgehead atoms. The number of nitrogens with zero attached hydrogens (tertiary/aromatic N) is 1. The van der Waals surface area contributed by atoms with Crippen LogP contribution >= 0.6 is 0 Å². The molecule has 1 aliphatic heterocycles. The van der Waals surface area contributed by atoms with Gasteiger partial charge in [0.1, 0.15) is 11.6 Å². The highest BCUT2D eigenvalue weighted by molar-refractivity contribution is 7.92. The van der Waals surface area contributed by atoms with Crippen LogP contribution in [0, 0.1) is 11.6 Å². The Hall–Kier alpha value is -1.84. The third kappa shape index (κ3) is 3.44. The van der Waals surface area contributed by atoms with Crippen molar-refractivity contribution in [3.05, 3.63) is 60.2 Å². The number of rotatable bonds is 4. The summed E-state index contributed by atoms with van der Waals surface area (Å²) in [5.74, 6) is -2.02. The van der Waals surface area contributed by atoms with Gasteiger partial charge in [-0.25, -0.2) is 25.6 Å². The van der Waals surface area contributed by atoms with Gasteiger partial charge in [-0.3, -0.25) is 0 Å². The Morgan fingerprint density at radius 1 is 0.880 bits per heavy atom. The molecule has 3 rings (SSSR count). The third-order valence-corrected chi connectivity index (χ3v) is 8.13. The minimum absolute atomic E-state index is 0.0306. The van der Waals surface area contributed by atoms with Gasteiger partial charge in [0.05, 0.1) is 15.0 Å². The predicted molar refractivity (Wildman–Crippen MR) is 87.1 cm³/mol. The van der Waals surface area contributed by atoms with Crippen LogP contribution in [-0.4, -0.2) is 39.5 Å². The fraction of sp³-hybridized carbons (Fsp3) is 0.250. The molecule has 1 fully saturated rings. The molecule has 1 atom stereocenters. The van der Waals surface area contributed by atoms with Crippen molar-refractivity contribution in [2.24, 2.45) is 0 Å². The summed E-state index contributed by atoms with van der Waals surface area (Å²) >= 11 is 0. The largest absolute Gasteiger partial charge is 0.243 e. The number of halogens is 2. The van der Waals surface area contributed by atoms with Gasteiger partial charge in [-0.15, -0.1) is 0 Å². The quantitative estimate of drug-likeness (QED) is 0.806. The van der Waals surface area contributed by atoms with E-state index in [-0.39, 0.29) is 24.4 Å².